The Morgan fingerprint density at radius 3 is 2.50 bits per heavy atom. The van der Waals surface area contributed by atoms with Crippen molar-refractivity contribution in [3.63, 3.8) is 0 Å². The summed E-state index contributed by atoms with van der Waals surface area (Å²) in [7, 11) is 0. The number of furan rings is 3. The van der Waals surface area contributed by atoms with E-state index in [0.717, 1.165) is 30.1 Å². The first-order valence-corrected chi connectivity index (χ1v) is 10.5. The molecule has 3 aromatic heterocycles. The average Bonchev–Trinajstić information content (AvgIpc) is 3.55. The van der Waals surface area contributed by atoms with Gasteiger partial charge in [0.2, 0.25) is 0 Å². The number of hydrogen-bond donors (Lipinski definition) is 0. The molecular formula is C23H25N3O4. The Balaban J connectivity index is 1.38. The summed E-state index contributed by atoms with van der Waals surface area (Å²) in [6.07, 6.45) is 10.1. The van der Waals surface area contributed by atoms with Crippen LogP contribution in [0.2, 0.25) is 0 Å². The molecule has 0 N–H and O–H groups in total. The third kappa shape index (κ3) is 3.85. The van der Waals surface area contributed by atoms with Gasteiger partial charge in [-0.15, -0.1) is 0 Å². The Morgan fingerprint density at radius 2 is 1.80 bits per heavy atom. The van der Waals surface area contributed by atoms with Gasteiger partial charge in [-0.25, -0.2) is 5.01 Å². The van der Waals surface area contributed by atoms with Crippen LogP contribution >= 0.6 is 0 Å². The number of nitrogens with zero attached hydrogens (tertiary/aromatic N) is 3. The summed E-state index contributed by atoms with van der Waals surface area (Å²) in [5, 5.41) is 6.21. The molecule has 0 aromatic carbocycles. The largest absolute Gasteiger partial charge is 0.468 e. The second-order valence-corrected chi connectivity index (χ2v) is 7.92. The summed E-state index contributed by atoms with van der Waals surface area (Å²) in [5.41, 5.74) is 0.758. The van der Waals surface area contributed by atoms with Crippen LogP contribution in [0.15, 0.2) is 73.5 Å². The van der Waals surface area contributed by atoms with Crippen LogP contribution in [0.4, 0.5) is 0 Å². The van der Waals surface area contributed by atoms with Gasteiger partial charge in [-0.3, -0.25) is 9.69 Å². The van der Waals surface area contributed by atoms with Gasteiger partial charge < -0.3 is 13.3 Å². The molecule has 0 spiro atoms. The molecule has 1 atom stereocenters. The van der Waals surface area contributed by atoms with Gasteiger partial charge in [0.05, 0.1) is 31.9 Å². The monoisotopic (exact) mass is 407 g/mol. The van der Waals surface area contributed by atoms with E-state index in [4.69, 9.17) is 13.3 Å². The van der Waals surface area contributed by atoms with E-state index in [1.165, 1.54) is 12.8 Å². The van der Waals surface area contributed by atoms with Crippen molar-refractivity contribution in [2.75, 3.05) is 6.54 Å². The Labute approximate surface area is 174 Å². The van der Waals surface area contributed by atoms with Gasteiger partial charge in [0.25, 0.3) is 5.91 Å². The van der Waals surface area contributed by atoms with Crippen molar-refractivity contribution < 1.29 is 18.0 Å². The van der Waals surface area contributed by atoms with Gasteiger partial charge in [-0.1, -0.05) is 12.8 Å². The molecule has 1 saturated carbocycles. The molecule has 1 fully saturated rings. The number of rotatable bonds is 7. The number of hydrazone groups is 1. The van der Waals surface area contributed by atoms with Crippen molar-refractivity contribution in [2.45, 2.75) is 50.7 Å². The summed E-state index contributed by atoms with van der Waals surface area (Å²) >= 11 is 0. The van der Waals surface area contributed by atoms with E-state index in [-0.39, 0.29) is 18.5 Å². The standard InChI is InChI=1S/C23H25N3O4/c27-23(16-25(17-6-1-2-7-17)15-18-8-3-11-28-18)26-20(22-10-5-13-30-22)14-19(24-26)21-9-4-12-29-21/h3-5,8-13,17,20H,1-2,6-7,14-16H2. The highest BCUT2D eigenvalue weighted by Gasteiger charge is 2.37. The quantitative estimate of drug-likeness (QED) is 0.573. The summed E-state index contributed by atoms with van der Waals surface area (Å²) in [6.45, 7) is 0.912. The smallest absolute Gasteiger partial charge is 0.257 e. The second-order valence-electron chi connectivity index (χ2n) is 7.92. The molecule has 1 amide bonds. The molecule has 7 heteroatoms. The van der Waals surface area contributed by atoms with Crippen molar-refractivity contribution in [1.29, 1.82) is 0 Å². The maximum absolute atomic E-state index is 13.4. The van der Waals surface area contributed by atoms with E-state index in [0.29, 0.717) is 24.8 Å². The first-order chi connectivity index (χ1) is 14.8. The minimum Gasteiger partial charge on any atom is -0.468 e. The Bertz CT molecular complexity index is 970. The van der Waals surface area contributed by atoms with Crippen LogP contribution in [0.3, 0.4) is 0 Å². The van der Waals surface area contributed by atoms with Gasteiger partial charge in [0.1, 0.15) is 29.0 Å². The molecule has 30 heavy (non-hydrogen) atoms. The fourth-order valence-electron chi connectivity index (χ4n) is 4.47. The number of carbonyl (C=O) groups excluding carboxylic acids is 1. The Kier molecular flexibility index (Phi) is 5.27. The van der Waals surface area contributed by atoms with Crippen molar-refractivity contribution >= 4 is 11.6 Å². The predicted octanol–water partition coefficient (Wildman–Crippen LogP) is 4.59. The van der Waals surface area contributed by atoms with Crippen LogP contribution in [0.5, 0.6) is 0 Å². The van der Waals surface area contributed by atoms with Gasteiger partial charge in [0, 0.05) is 12.5 Å². The van der Waals surface area contributed by atoms with Crippen LogP contribution in [-0.2, 0) is 11.3 Å². The van der Waals surface area contributed by atoms with Gasteiger partial charge in [-0.2, -0.15) is 5.10 Å². The van der Waals surface area contributed by atoms with Crippen LogP contribution in [0, 0.1) is 0 Å². The number of hydrogen-bond acceptors (Lipinski definition) is 6. The highest BCUT2D eigenvalue weighted by molar-refractivity contribution is 6.01. The predicted molar refractivity (Wildman–Crippen MR) is 110 cm³/mol. The van der Waals surface area contributed by atoms with E-state index in [9.17, 15) is 4.79 Å². The fourth-order valence-corrected chi connectivity index (χ4v) is 4.47. The summed E-state index contributed by atoms with van der Waals surface area (Å²) in [5.74, 6) is 2.24. The summed E-state index contributed by atoms with van der Waals surface area (Å²) < 4.78 is 16.7. The zero-order valence-electron chi connectivity index (χ0n) is 16.8. The maximum atomic E-state index is 13.4. The van der Waals surface area contributed by atoms with Crippen molar-refractivity contribution in [3.8, 4) is 0 Å². The highest BCUT2D eigenvalue weighted by Crippen LogP contribution is 2.34. The minimum atomic E-state index is -0.262. The molecule has 0 bridgehead atoms. The molecule has 0 radical (unpaired) electrons. The van der Waals surface area contributed by atoms with Gasteiger partial charge in [-0.05, 0) is 49.2 Å². The van der Waals surface area contributed by atoms with E-state index in [2.05, 4.69) is 10.0 Å². The van der Waals surface area contributed by atoms with Crippen molar-refractivity contribution in [3.05, 3.63) is 72.5 Å². The molecule has 1 unspecified atom stereocenters. The lowest BCUT2D eigenvalue weighted by atomic mass is 10.1. The Morgan fingerprint density at radius 1 is 1.03 bits per heavy atom. The SMILES string of the molecule is O=C(CN(Cc1ccco1)C1CCCC1)N1N=C(c2ccco2)CC1c1ccco1. The second kappa shape index (κ2) is 8.36. The summed E-state index contributed by atoms with van der Waals surface area (Å²) in [6, 6.07) is 11.4. The van der Waals surface area contributed by atoms with E-state index >= 15 is 0 Å². The molecule has 7 nitrogen and oxygen atoms in total. The molecule has 2 aliphatic rings. The molecule has 0 saturated heterocycles. The number of carbonyl (C=O) groups is 1. The molecule has 3 aromatic rings. The molecule has 156 valence electrons. The lowest BCUT2D eigenvalue weighted by Crippen LogP contribution is -2.42. The first kappa shape index (κ1) is 18.9. The molecule has 4 heterocycles. The molecule has 1 aliphatic heterocycles. The Hall–Kier alpha value is -3.06. The van der Waals surface area contributed by atoms with Crippen LogP contribution < -0.4 is 0 Å². The third-order valence-electron chi connectivity index (χ3n) is 5.96. The van der Waals surface area contributed by atoms with E-state index in [1.54, 1.807) is 23.8 Å². The fraction of sp³-hybridized carbons (Fsp3) is 0.391. The molecule has 5 rings (SSSR count). The maximum Gasteiger partial charge on any atom is 0.257 e. The lowest BCUT2D eigenvalue weighted by molar-refractivity contribution is -0.135. The van der Waals surface area contributed by atoms with Crippen LogP contribution in [-0.4, -0.2) is 34.1 Å². The normalized spacial score (nSPS) is 19.7. The number of amides is 1. The topological polar surface area (TPSA) is 75.3 Å². The first-order valence-electron chi connectivity index (χ1n) is 10.5. The zero-order chi connectivity index (χ0) is 20.3. The van der Waals surface area contributed by atoms with Crippen LogP contribution in [0.25, 0.3) is 0 Å². The highest BCUT2D eigenvalue weighted by atomic mass is 16.3. The minimum absolute atomic E-state index is 0.0450. The average molecular weight is 407 g/mol. The van der Waals surface area contributed by atoms with E-state index in [1.807, 2.05) is 36.4 Å². The third-order valence-corrected chi connectivity index (χ3v) is 5.96. The van der Waals surface area contributed by atoms with Gasteiger partial charge >= 0.3 is 0 Å². The van der Waals surface area contributed by atoms with E-state index < -0.39 is 0 Å². The van der Waals surface area contributed by atoms with Crippen molar-refractivity contribution in [2.24, 2.45) is 5.10 Å². The van der Waals surface area contributed by atoms with Crippen LogP contribution in [0.1, 0.15) is 55.4 Å². The van der Waals surface area contributed by atoms with Crippen molar-refractivity contribution in [1.82, 2.24) is 9.91 Å². The van der Waals surface area contributed by atoms with Gasteiger partial charge in [0.15, 0.2) is 0 Å². The molecular weight excluding hydrogens is 382 g/mol. The summed E-state index contributed by atoms with van der Waals surface area (Å²) in [4.78, 5) is 15.7. The molecule has 1 aliphatic carbocycles. The zero-order valence-corrected chi connectivity index (χ0v) is 16.8. The lowest BCUT2D eigenvalue weighted by Gasteiger charge is -2.29.